The van der Waals surface area contributed by atoms with E-state index in [2.05, 4.69) is 27.8 Å². The van der Waals surface area contributed by atoms with Crippen molar-refractivity contribution in [2.75, 3.05) is 18.0 Å². The van der Waals surface area contributed by atoms with Crippen LogP contribution in [0.2, 0.25) is 0 Å². The van der Waals surface area contributed by atoms with Crippen LogP contribution in [-0.4, -0.2) is 38.1 Å². The first kappa shape index (κ1) is 25.6. The third kappa shape index (κ3) is 5.18. The number of para-hydroxylation sites is 1. The number of carbonyl (C=O) groups excluding carboxylic acids is 1. The number of primary amides is 1. The Morgan fingerprint density at radius 3 is 2.49 bits per heavy atom. The molecule has 2 N–H and O–H groups in total. The van der Waals surface area contributed by atoms with Gasteiger partial charge in [0.1, 0.15) is 5.75 Å². The number of nitrogens with zero attached hydrogens (tertiary/aromatic N) is 6. The quantitative estimate of drug-likeness (QED) is 0.369. The van der Waals surface area contributed by atoms with Gasteiger partial charge >= 0.3 is 6.01 Å². The predicted molar refractivity (Wildman–Crippen MR) is 147 cm³/mol. The maximum absolute atomic E-state index is 14.1. The third-order valence-electron chi connectivity index (χ3n) is 6.64. The first-order valence-electron chi connectivity index (χ1n) is 12.7. The summed E-state index contributed by atoms with van der Waals surface area (Å²) in [6.07, 6.45) is 3.23. The average Bonchev–Trinajstić information content (AvgIpc) is 3.33. The largest absolute Gasteiger partial charge is 0.425 e. The van der Waals surface area contributed by atoms with Gasteiger partial charge in [-0.2, -0.15) is 15.2 Å². The van der Waals surface area contributed by atoms with Crippen LogP contribution in [0.1, 0.15) is 47.7 Å². The number of carbonyl (C=O) groups is 1. The van der Waals surface area contributed by atoms with Gasteiger partial charge in [0.2, 0.25) is 5.95 Å². The number of amides is 1. The normalized spacial score (nSPS) is 13.0. The summed E-state index contributed by atoms with van der Waals surface area (Å²) >= 11 is 0. The van der Waals surface area contributed by atoms with Gasteiger partial charge < -0.3 is 15.4 Å². The Balaban J connectivity index is 1.71. The monoisotopic (exact) mass is 521 g/mol. The molecule has 0 spiro atoms. The maximum Gasteiger partial charge on any atom is 0.307 e. The summed E-state index contributed by atoms with van der Waals surface area (Å²) in [6.45, 7) is 3.82. The highest BCUT2D eigenvalue weighted by Crippen LogP contribution is 2.28. The fourth-order valence-corrected chi connectivity index (χ4v) is 4.67. The number of ether oxygens (including phenoxy) is 1. The van der Waals surface area contributed by atoms with E-state index in [1.807, 2.05) is 4.57 Å². The third-order valence-corrected chi connectivity index (χ3v) is 6.64. The lowest BCUT2D eigenvalue weighted by Gasteiger charge is -2.27. The van der Waals surface area contributed by atoms with Crippen LogP contribution < -0.4 is 20.9 Å². The van der Waals surface area contributed by atoms with Gasteiger partial charge in [-0.1, -0.05) is 30.2 Å². The number of nitrogens with two attached hydrogens (primary N) is 1. The number of fused-ring (bicyclic) bond motifs is 1. The second kappa shape index (κ2) is 11.1. The number of benzene rings is 2. The molecule has 4 aromatic rings. The van der Waals surface area contributed by atoms with Crippen LogP contribution in [0.25, 0.3) is 11.2 Å². The number of anilines is 1. The fourth-order valence-electron chi connectivity index (χ4n) is 4.67. The standard InChI is InChI=1S/C29H27N7O3/c1-2-3-17-35-24-26(32-28(35)34-15-7-4-8-16-34)33-29(39-23-10-6-5-9-22(23)25(31)37)36(27(24)38)19-21-13-11-20(18-30)12-14-21/h5-6,9-14H,4,7-8,15-17,19H2,1H3,(H2,31,37). The summed E-state index contributed by atoms with van der Waals surface area (Å²) < 4.78 is 9.32. The van der Waals surface area contributed by atoms with Gasteiger partial charge in [0.15, 0.2) is 11.2 Å². The first-order valence-corrected chi connectivity index (χ1v) is 12.7. The smallest absolute Gasteiger partial charge is 0.307 e. The molecule has 10 nitrogen and oxygen atoms in total. The summed E-state index contributed by atoms with van der Waals surface area (Å²) in [5.74, 6) is 6.13. The molecule has 1 fully saturated rings. The number of rotatable bonds is 7. The summed E-state index contributed by atoms with van der Waals surface area (Å²) in [7, 11) is 0. The molecule has 2 aromatic heterocycles. The number of nitriles is 1. The Bertz CT molecular complexity index is 1700. The molecule has 0 atom stereocenters. The van der Waals surface area contributed by atoms with E-state index < -0.39 is 5.91 Å². The van der Waals surface area contributed by atoms with Crippen LogP contribution in [0, 0.1) is 23.2 Å². The minimum absolute atomic E-state index is 0.0259. The van der Waals surface area contributed by atoms with E-state index >= 15 is 0 Å². The van der Waals surface area contributed by atoms with Crippen molar-refractivity contribution in [1.29, 1.82) is 5.26 Å². The highest BCUT2D eigenvalue weighted by Gasteiger charge is 2.25. The molecule has 10 heteroatoms. The second-order valence-corrected chi connectivity index (χ2v) is 9.20. The fraction of sp³-hybridized carbons (Fsp3) is 0.276. The first-order chi connectivity index (χ1) is 19.0. The van der Waals surface area contributed by atoms with Crippen molar-refractivity contribution in [2.45, 2.75) is 39.3 Å². The lowest BCUT2D eigenvalue weighted by molar-refractivity contribution is 0.0998. The van der Waals surface area contributed by atoms with Crippen LogP contribution in [0.5, 0.6) is 11.8 Å². The second-order valence-electron chi connectivity index (χ2n) is 9.20. The molecule has 1 saturated heterocycles. The van der Waals surface area contributed by atoms with E-state index in [0.29, 0.717) is 17.0 Å². The van der Waals surface area contributed by atoms with Crippen LogP contribution in [0.4, 0.5) is 5.95 Å². The topological polar surface area (TPSA) is 132 Å². The molecule has 2 aromatic carbocycles. The minimum atomic E-state index is -0.664. The SMILES string of the molecule is CC#CCn1c(N2CCCCC2)nc2nc(Oc3ccccc3C(N)=O)n(Cc3ccc(C#N)cc3)c(=O)c21. The highest BCUT2D eigenvalue weighted by molar-refractivity contribution is 5.95. The lowest BCUT2D eigenvalue weighted by Crippen LogP contribution is -2.32. The van der Waals surface area contributed by atoms with Crippen LogP contribution in [-0.2, 0) is 13.1 Å². The molecule has 1 aliphatic heterocycles. The molecule has 39 heavy (non-hydrogen) atoms. The molecule has 3 heterocycles. The maximum atomic E-state index is 14.1. The predicted octanol–water partition coefficient (Wildman–Crippen LogP) is 3.42. The Kier molecular flexibility index (Phi) is 7.28. The van der Waals surface area contributed by atoms with E-state index in [1.165, 1.54) is 4.57 Å². The zero-order valence-corrected chi connectivity index (χ0v) is 21.6. The zero-order chi connectivity index (χ0) is 27.4. The van der Waals surface area contributed by atoms with Gasteiger partial charge in [-0.3, -0.25) is 18.7 Å². The Morgan fingerprint density at radius 2 is 1.79 bits per heavy atom. The molecule has 0 aliphatic carbocycles. The summed E-state index contributed by atoms with van der Waals surface area (Å²) in [4.78, 5) is 37.8. The van der Waals surface area contributed by atoms with Gasteiger partial charge in [0.05, 0.1) is 30.3 Å². The molecule has 0 unspecified atom stereocenters. The van der Waals surface area contributed by atoms with Crippen molar-refractivity contribution in [3.8, 4) is 29.7 Å². The van der Waals surface area contributed by atoms with Crippen LogP contribution in [0.15, 0.2) is 53.3 Å². The Morgan fingerprint density at radius 1 is 1.05 bits per heavy atom. The number of piperidine rings is 1. The van der Waals surface area contributed by atoms with Crippen LogP contribution in [0.3, 0.4) is 0 Å². The molecule has 1 amide bonds. The molecular weight excluding hydrogens is 494 g/mol. The van der Waals surface area contributed by atoms with Gasteiger partial charge in [0.25, 0.3) is 11.5 Å². The van der Waals surface area contributed by atoms with E-state index in [-0.39, 0.29) is 41.6 Å². The molecule has 196 valence electrons. The van der Waals surface area contributed by atoms with Crippen molar-refractivity contribution in [3.63, 3.8) is 0 Å². The minimum Gasteiger partial charge on any atom is -0.425 e. The van der Waals surface area contributed by atoms with Crippen LogP contribution >= 0.6 is 0 Å². The van der Waals surface area contributed by atoms with Gasteiger partial charge in [-0.05, 0) is 56.0 Å². The molecule has 0 bridgehead atoms. The van der Waals surface area contributed by atoms with Crippen molar-refractivity contribution < 1.29 is 9.53 Å². The van der Waals surface area contributed by atoms with Gasteiger partial charge in [0, 0.05) is 13.1 Å². The molecule has 0 radical (unpaired) electrons. The lowest BCUT2D eigenvalue weighted by atomic mass is 10.1. The number of hydrogen-bond acceptors (Lipinski definition) is 7. The van der Waals surface area contributed by atoms with Crippen molar-refractivity contribution in [3.05, 3.63) is 75.6 Å². The van der Waals surface area contributed by atoms with Gasteiger partial charge in [-0.25, -0.2) is 0 Å². The Hall–Kier alpha value is -5.09. The number of hydrogen-bond donors (Lipinski definition) is 1. The number of aromatic nitrogens is 4. The average molecular weight is 522 g/mol. The summed E-state index contributed by atoms with van der Waals surface area (Å²) in [5, 5.41) is 9.17. The summed E-state index contributed by atoms with van der Waals surface area (Å²) in [6, 6.07) is 15.5. The van der Waals surface area contributed by atoms with Crippen molar-refractivity contribution in [2.24, 2.45) is 5.73 Å². The van der Waals surface area contributed by atoms with E-state index in [9.17, 15) is 14.9 Å². The molecule has 5 rings (SSSR count). The molecular formula is C29H27N7O3. The Labute approximate surface area is 225 Å². The molecule has 1 aliphatic rings. The van der Waals surface area contributed by atoms with Crippen molar-refractivity contribution in [1.82, 2.24) is 19.1 Å². The summed E-state index contributed by atoms with van der Waals surface area (Å²) in [5.41, 5.74) is 7.20. The number of imidazole rings is 1. The molecule has 0 saturated carbocycles. The van der Waals surface area contributed by atoms with E-state index in [1.54, 1.807) is 55.5 Å². The van der Waals surface area contributed by atoms with Gasteiger partial charge in [-0.15, -0.1) is 5.92 Å². The van der Waals surface area contributed by atoms with E-state index in [0.717, 1.165) is 37.9 Å². The van der Waals surface area contributed by atoms with Crippen molar-refractivity contribution >= 4 is 23.0 Å². The highest BCUT2D eigenvalue weighted by atomic mass is 16.5. The zero-order valence-electron chi connectivity index (χ0n) is 21.6. The van der Waals surface area contributed by atoms with E-state index in [4.69, 9.17) is 15.5 Å².